The third kappa shape index (κ3) is 3.90. The lowest BCUT2D eigenvalue weighted by Gasteiger charge is -2.31. The number of rotatable bonds is 4. The summed E-state index contributed by atoms with van der Waals surface area (Å²) in [4.78, 5) is 0. The largest absolute Gasteiger partial charge is 0.393 e. The van der Waals surface area contributed by atoms with E-state index in [1.807, 2.05) is 11.8 Å². The molecule has 1 nitrogen and oxygen atoms in total. The fraction of sp³-hybridized carbons (Fsp3) is 1.00. The van der Waals surface area contributed by atoms with E-state index in [-0.39, 0.29) is 6.10 Å². The van der Waals surface area contributed by atoms with Crippen molar-refractivity contribution >= 4 is 11.8 Å². The van der Waals surface area contributed by atoms with Crippen LogP contribution in [0, 0.1) is 11.8 Å². The van der Waals surface area contributed by atoms with Gasteiger partial charge in [0.2, 0.25) is 0 Å². The quantitative estimate of drug-likeness (QED) is 0.707. The van der Waals surface area contributed by atoms with Gasteiger partial charge in [0, 0.05) is 0 Å². The average Bonchev–Trinajstić information content (AvgIpc) is 2.11. The van der Waals surface area contributed by atoms with E-state index in [0.717, 1.165) is 12.3 Å². The van der Waals surface area contributed by atoms with Crippen LogP contribution < -0.4 is 0 Å². The summed E-state index contributed by atoms with van der Waals surface area (Å²) in [7, 11) is 0. The lowest BCUT2D eigenvalue weighted by atomic mass is 9.78. The van der Waals surface area contributed by atoms with Crippen LogP contribution in [0.2, 0.25) is 0 Å². The number of hydrogen-bond donors (Lipinski definition) is 1. The molecule has 78 valence electrons. The van der Waals surface area contributed by atoms with Crippen LogP contribution in [0.15, 0.2) is 0 Å². The summed E-state index contributed by atoms with van der Waals surface area (Å²) in [6.07, 6.45) is 8.15. The number of thioether (sulfide) groups is 1. The third-order valence-corrected chi connectivity index (χ3v) is 3.82. The summed E-state index contributed by atoms with van der Waals surface area (Å²) in [6.45, 7) is 2.31. The summed E-state index contributed by atoms with van der Waals surface area (Å²) in [5.41, 5.74) is 0. The Kier molecular flexibility index (Phi) is 5.18. The smallest absolute Gasteiger partial charge is 0.0568 e. The Morgan fingerprint density at radius 3 is 2.85 bits per heavy atom. The molecule has 0 aromatic heterocycles. The van der Waals surface area contributed by atoms with Gasteiger partial charge in [0.1, 0.15) is 0 Å². The molecule has 1 aliphatic carbocycles. The maximum Gasteiger partial charge on any atom is 0.0568 e. The first-order valence-corrected chi connectivity index (χ1v) is 6.80. The molecular formula is C11H22OS. The minimum absolute atomic E-state index is 0.00180. The molecule has 2 heteroatoms. The van der Waals surface area contributed by atoms with E-state index >= 15 is 0 Å². The Morgan fingerprint density at radius 2 is 2.15 bits per heavy atom. The van der Waals surface area contributed by atoms with Crippen molar-refractivity contribution in [1.82, 2.24) is 0 Å². The van der Waals surface area contributed by atoms with Gasteiger partial charge in [-0.15, -0.1) is 0 Å². The first-order chi connectivity index (χ1) is 6.24. The number of hydrogen-bond acceptors (Lipinski definition) is 2. The molecule has 1 N–H and O–H groups in total. The van der Waals surface area contributed by atoms with Gasteiger partial charge in [-0.25, -0.2) is 0 Å². The zero-order valence-corrected chi connectivity index (χ0v) is 9.65. The van der Waals surface area contributed by atoms with E-state index in [2.05, 4.69) is 13.2 Å². The molecule has 3 atom stereocenters. The van der Waals surface area contributed by atoms with Gasteiger partial charge in [-0.05, 0) is 55.9 Å². The summed E-state index contributed by atoms with van der Waals surface area (Å²) in [5.74, 6) is 2.68. The topological polar surface area (TPSA) is 20.2 Å². The highest BCUT2D eigenvalue weighted by Crippen LogP contribution is 2.32. The predicted molar refractivity (Wildman–Crippen MR) is 60.1 cm³/mol. The van der Waals surface area contributed by atoms with Crippen molar-refractivity contribution in [3.05, 3.63) is 0 Å². The fourth-order valence-electron chi connectivity index (χ4n) is 2.28. The Hall–Kier alpha value is 0.310. The van der Waals surface area contributed by atoms with Crippen LogP contribution >= 0.6 is 11.8 Å². The predicted octanol–water partition coefficient (Wildman–Crippen LogP) is 2.93. The molecule has 1 saturated carbocycles. The molecule has 1 fully saturated rings. The second-order valence-corrected chi connectivity index (χ2v) is 5.37. The molecule has 0 saturated heterocycles. The zero-order chi connectivity index (χ0) is 9.68. The summed E-state index contributed by atoms with van der Waals surface area (Å²) in [5, 5.41) is 9.78. The lowest BCUT2D eigenvalue weighted by molar-refractivity contribution is 0.0472. The van der Waals surface area contributed by atoms with E-state index < -0.39 is 0 Å². The first kappa shape index (κ1) is 11.4. The standard InChI is InChI=1S/C11H22OS/c1-9-5-6-11(12)10(8-9)4-3-7-13-2/h9-12H,3-8H2,1-2H3. The Bertz CT molecular complexity index is 138. The van der Waals surface area contributed by atoms with Crippen LogP contribution in [0.25, 0.3) is 0 Å². The molecule has 0 bridgehead atoms. The highest BCUT2D eigenvalue weighted by molar-refractivity contribution is 7.98. The Balaban J connectivity index is 2.21. The van der Waals surface area contributed by atoms with Gasteiger partial charge in [-0.3, -0.25) is 0 Å². The second-order valence-electron chi connectivity index (χ2n) is 4.38. The van der Waals surface area contributed by atoms with E-state index in [1.54, 1.807) is 0 Å². The molecule has 0 heterocycles. The van der Waals surface area contributed by atoms with Crippen LogP contribution in [0.3, 0.4) is 0 Å². The molecule has 3 unspecified atom stereocenters. The van der Waals surface area contributed by atoms with Gasteiger partial charge in [0.15, 0.2) is 0 Å². The van der Waals surface area contributed by atoms with Crippen molar-refractivity contribution in [3.8, 4) is 0 Å². The van der Waals surface area contributed by atoms with Crippen molar-refractivity contribution in [3.63, 3.8) is 0 Å². The minimum atomic E-state index is -0.00180. The SMILES string of the molecule is CSCCCC1CC(C)CCC1O. The van der Waals surface area contributed by atoms with Crippen molar-refractivity contribution in [1.29, 1.82) is 0 Å². The van der Waals surface area contributed by atoms with Gasteiger partial charge in [0.05, 0.1) is 6.10 Å². The van der Waals surface area contributed by atoms with E-state index in [1.165, 1.54) is 31.4 Å². The summed E-state index contributed by atoms with van der Waals surface area (Å²) >= 11 is 1.91. The van der Waals surface area contributed by atoms with Crippen molar-refractivity contribution < 1.29 is 5.11 Å². The van der Waals surface area contributed by atoms with Gasteiger partial charge in [-0.2, -0.15) is 11.8 Å². The molecule has 0 aromatic rings. The van der Waals surface area contributed by atoms with Crippen LogP contribution in [0.4, 0.5) is 0 Å². The van der Waals surface area contributed by atoms with Crippen LogP contribution in [0.5, 0.6) is 0 Å². The molecule has 0 amide bonds. The van der Waals surface area contributed by atoms with Crippen molar-refractivity contribution in [2.75, 3.05) is 12.0 Å². The van der Waals surface area contributed by atoms with Crippen molar-refractivity contribution in [2.24, 2.45) is 11.8 Å². The molecule has 1 rings (SSSR count). The molecule has 0 aromatic carbocycles. The maximum atomic E-state index is 9.78. The highest BCUT2D eigenvalue weighted by atomic mass is 32.2. The summed E-state index contributed by atoms with van der Waals surface area (Å²) in [6, 6.07) is 0. The van der Waals surface area contributed by atoms with Crippen LogP contribution in [-0.4, -0.2) is 23.2 Å². The molecule has 0 radical (unpaired) electrons. The highest BCUT2D eigenvalue weighted by Gasteiger charge is 2.26. The third-order valence-electron chi connectivity index (χ3n) is 3.13. The number of aliphatic hydroxyl groups is 1. The van der Waals surface area contributed by atoms with Gasteiger partial charge >= 0.3 is 0 Å². The van der Waals surface area contributed by atoms with Crippen LogP contribution in [0.1, 0.15) is 39.0 Å². The van der Waals surface area contributed by atoms with Crippen LogP contribution in [-0.2, 0) is 0 Å². The normalized spacial score (nSPS) is 34.8. The second kappa shape index (κ2) is 5.92. The van der Waals surface area contributed by atoms with Gasteiger partial charge < -0.3 is 5.11 Å². The van der Waals surface area contributed by atoms with E-state index in [4.69, 9.17) is 0 Å². The molecule has 1 aliphatic rings. The first-order valence-electron chi connectivity index (χ1n) is 5.41. The molecule has 0 aliphatic heterocycles. The van der Waals surface area contributed by atoms with Gasteiger partial charge in [-0.1, -0.05) is 6.92 Å². The van der Waals surface area contributed by atoms with Crippen molar-refractivity contribution in [2.45, 2.75) is 45.1 Å². The fourth-order valence-corrected chi connectivity index (χ4v) is 2.74. The van der Waals surface area contributed by atoms with E-state index in [0.29, 0.717) is 5.92 Å². The number of aliphatic hydroxyl groups excluding tert-OH is 1. The Morgan fingerprint density at radius 1 is 1.38 bits per heavy atom. The minimum Gasteiger partial charge on any atom is -0.393 e. The average molecular weight is 202 g/mol. The maximum absolute atomic E-state index is 9.78. The van der Waals surface area contributed by atoms with Gasteiger partial charge in [0.25, 0.3) is 0 Å². The molecular weight excluding hydrogens is 180 g/mol. The zero-order valence-electron chi connectivity index (χ0n) is 8.83. The van der Waals surface area contributed by atoms with E-state index in [9.17, 15) is 5.11 Å². The lowest BCUT2D eigenvalue weighted by Crippen LogP contribution is -2.28. The molecule has 0 spiro atoms. The molecule has 13 heavy (non-hydrogen) atoms. The Labute approximate surface area is 86.3 Å². The monoisotopic (exact) mass is 202 g/mol. The summed E-state index contributed by atoms with van der Waals surface area (Å²) < 4.78 is 0.